The van der Waals surface area contributed by atoms with E-state index in [1.54, 1.807) is 0 Å². The number of nitrogens with two attached hydrogens (primary N) is 2. The van der Waals surface area contributed by atoms with Gasteiger partial charge in [0.1, 0.15) is 11.5 Å². The zero-order valence-electron chi connectivity index (χ0n) is 17.3. The molecule has 0 radical (unpaired) electrons. The Morgan fingerprint density at radius 1 is 0.581 bits per heavy atom. The maximum absolute atomic E-state index is 6.73. The first-order chi connectivity index (χ1) is 15.2. The van der Waals surface area contributed by atoms with Crippen molar-refractivity contribution in [2.75, 3.05) is 18.1 Å². The Morgan fingerprint density at radius 2 is 1.10 bits per heavy atom. The monoisotopic (exact) mass is 410 g/mol. The van der Waals surface area contributed by atoms with Crippen LogP contribution in [0, 0.1) is 0 Å². The molecule has 0 saturated heterocycles. The minimum atomic E-state index is -0.753. The van der Waals surface area contributed by atoms with E-state index in [9.17, 15) is 0 Å². The van der Waals surface area contributed by atoms with Crippen molar-refractivity contribution < 1.29 is 9.47 Å². The lowest BCUT2D eigenvalue weighted by Gasteiger charge is -2.36. The predicted molar refractivity (Wildman–Crippen MR) is 126 cm³/mol. The highest BCUT2D eigenvalue weighted by Crippen LogP contribution is 2.38. The molecule has 4 rings (SSSR count). The van der Waals surface area contributed by atoms with Crippen LogP contribution in [0.1, 0.15) is 17.5 Å². The van der Waals surface area contributed by atoms with Crippen LogP contribution in [0.2, 0.25) is 0 Å². The van der Waals surface area contributed by atoms with E-state index in [2.05, 4.69) is 24.3 Å². The Morgan fingerprint density at radius 3 is 1.65 bits per heavy atom. The maximum atomic E-state index is 6.73. The fourth-order valence-corrected chi connectivity index (χ4v) is 3.74. The average molecular weight is 411 g/mol. The van der Waals surface area contributed by atoms with Crippen LogP contribution in [0.25, 0.3) is 0 Å². The highest BCUT2D eigenvalue weighted by Gasteiger charge is 2.37. The molecule has 4 aromatic rings. The number of rotatable bonds is 8. The quantitative estimate of drug-likeness (QED) is 0.369. The van der Waals surface area contributed by atoms with Crippen molar-refractivity contribution in [2.24, 2.45) is 0 Å². The van der Waals surface area contributed by atoms with Crippen LogP contribution >= 0.6 is 0 Å². The lowest BCUT2D eigenvalue weighted by atomic mass is 9.83. The summed E-state index contributed by atoms with van der Waals surface area (Å²) in [6, 6.07) is 35.4. The molecule has 0 fully saturated rings. The van der Waals surface area contributed by atoms with Gasteiger partial charge >= 0.3 is 0 Å². The molecule has 0 unspecified atom stereocenters. The summed E-state index contributed by atoms with van der Waals surface area (Å²) in [5, 5.41) is 0. The van der Waals surface area contributed by atoms with Crippen LogP contribution in [0.3, 0.4) is 0 Å². The second-order valence-corrected chi connectivity index (χ2v) is 7.40. The summed E-state index contributed by atoms with van der Waals surface area (Å²) in [5.41, 5.74) is 14.6. The van der Waals surface area contributed by atoms with E-state index in [1.807, 2.05) is 84.9 Å². The number of benzene rings is 4. The maximum Gasteiger partial charge on any atom is 0.162 e. The molecule has 0 atom stereocenters. The summed E-state index contributed by atoms with van der Waals surface area (Å²) in [6.45, 7) is 0.440. The minimum Gasteiger partial charge on any atom is -0.493 e. The van der Waals surface area contributed by atoms with E-state index in [1.165, 1.54) is 0 Å². The minimum absolute atomic E-state index is 0.440. The van der Waals surface area contributed by atoms with E-state index in [0.29, 0.717) is 30.2 Å². The first-order valence-electron chi connectivity index (χ1n) is 10.3. The van der Waals surface area contributed by atoms with Gasteiger partial charge in [0.05, 0.1) is 6.61 Å². The van der Waals surface area contributed by atoms with E-state index < -0.39 is 5.60 Å². The van der Waals surface area contributed by atoms with Crippen LogP contribution in [-0.4, -0.2) is 6.61 Å². The lowest BCUT2D eigenvalue weighted by Crippen LogP contribution is -2.36. The van der Waals surface area contributed by atoms with Crippen LogP contribution in [-0.2, 0) is 5.60 Å². The molecule has 156 valence electrons. The van der Waals surface area contributed by atoms with Crippen LogP contribution in [0.4, 0.5) is 11.4 Å². The molecule has 0 aliphatic heterocycles. The zero-order chi connectivity index (χ0) is 21.5. The summed E-state index contributed by atoms with van der Waals surface area (Å²) in [4.78, 5) is 0. The van der Waals surface area contributed by atoms with E-state index in [0.717, 1.165) is 16.9 Å². The lowest BCUT2D eigenvalue weighted by molar-refractivity contribution is 0.0812. The molecular formula is C27H26N2O2. The second-order valence-electron chi connectivity index (χ2n) is 7.40. The molecular weight excluding hydrogens is 384 g/mol. The Balaban J connectivity index is 1.73. The number of ether oxygens (including phenoxy) is 2. The SMILES string of the molecule is Nc1cccc(OCCC(Oc2cccc(N)c2)(c2ccccc2)c2ccccc2)c1. The van der Waals surface area contributed by atoms with E-state index in [-0.39, 0.29) is 0 Å². The van der Waals surface area contributed by atoms with Gasteiger partial charge in [-0.1, -0.05) is 72.8 Å². The Hall–Kier alpha value is -3.92. The summed E-state index contributed by atoms with van der Waals surface area (Å²) < 4.78 is 12.8. The van der Waals surface area contributed by atoms with Crippen molar-refractivity contribution in [3.8, 4) is 11.5 Å². The summed E-state index contributed by atoms with van der Waals surface area (Å²) in [5.74, 6) is 1.44. The second kappa shape index (κ2) is 9.26. The molecule has 0 aliphatic carbocycles. The number of hydrogen-bond donors (Lipinski definition) is 2. The van der Waals surface area contributed by atoms with Gasteiger partial charge in [-0.3, -0.25) is 0 Å². The number of anilines is 2. The Bertz CT molecular complexity index is 1070. The van der Waals surface area contributed by atoms with Gasteiger partial charge in [0, 0.05) is 41.1 Å². The Kier molecular flexibility index (Phi) is 6.08. The average Bonchev–Trinajstić information content (AvgIpc) is 2.80. The van der Waals surface area contributed by atoms with Crippen molar-refractivity contribution in [3.05, 3.63) is 120 Å². The van der Waals surface area contributed by atoms with Crippen LogP contribution < -0.4 is 20.9 Å². The van der Waals surface area contributed by atoms with Gasteiger partial charge in [-0.15, -0.1) is 0 Å². The van der Waals surface area contributed by atoms with Gasteiger partial charge in [-0.25, -0.2) is 0 Å². The smallest absolute Gasteiger partial charge is 0.162 e. The number of hydrogen-bond acceptors (Lipinski definition) is 4. The third-order valence-corrected chi connectivity index (χ3v) is 5.21. The topological polar surface area (TPSA) is 70.5 Å². The summed E-state index contributed by atoms with van der Waals surface area (Å²) in [7, 11) is 0. The van der Waals surface area contributed by atoms with Gasteiger partial charge in [-0.2, -0.15) is 0 Å². The van der Waals surface area contributed by atoms with Crippen molar-refractivity contribution in [1.82, 2.24) is 0 Å². The molecule has 4 aromatic carbocycles. The van der Waals surface area contributed by atoms with E-state index in [4.69, 9.17) is 20.9 Å². The third-order valence-electron chi connectivity index (χ3n) is 5.21. The summed E-state index contributed by atoms with van der Waals surface area (Å²) >= 11 is 0. The molecule has 0 amide bonds. The highest BCUT2D eigenvalue weighted by atomic mass is 16.5. The first-order valence-corrected chi connectivity index (χ1v) is 10.3. The largest absolute Gasteiger partial charge is 0.493 e. The summed E-state index contributed by atoms with van der Waals surface area (Å²) in [6.07, 6.45) is 0.588. The predicted octanol–water partition coefficient (Wildman–Crippen LogP) is 5.64. The van der Waals surface area contributed by atoms with Crippen molar-refractivity contribution in [3.63, 3.8) is 0 Å². The normalized spacial score (nSPS) is 11.1. The number of nitrogen functional groups attached to an aromatic ring is 2. The molecule has 0 aliphatic rings. The fourth-order valence-electron chi connectivity index (χ4n) is 3.74. The molecule has 0 aromatic heterocycles. The molecule has 4 heteroatoms. The molecule has 4 N–H and O–H groups in total. The van der Waals surface area contributed by atoms with Gasteiger partial charge in [0.25, 0.3) is 0 Å². The fraction of sp³-hybridized carbons (Fsp3) is 0.111. The van der Waals surface area contributed by atoms with E-state index >= 15 is 0 Å². The molecule has 0 spiro atoms. The molecule has 0 heterocycles. The van der Waals surface area contributed by atoms with Gasteiger partial charge in [0.15, 0.2) is 5.60 Å². The standard InChI is InChI=1S/C27H26N2O2/c28-23-13-7-15-25(19-23)30-18-17-27(21-9-3-1-4-10-21,22-11-5-2-6-12-22)31-26-16-8-14-24(29)20-26/h1-16,19-20H,17-18,28-29H2. The zero-order valence-corrected chi connectivity index (χ0v) is 17.3. The Labute approximate surface area is 183 Å². The van der Waals surface area contributed by atoms with Crippen molar-refractivity contribution >= 4 is 11.4 Å². The highest BCUT2D eigenvalue weighted by molar-refractivity contribution is 5.46. The van der Waals surface area contributed by atoms with Crippen molar-refractivity contribution in [2.45, 2.75) is 12.0 Å². The molecule has 4 nitrogen and oxygen atoms in total. The van der Waals surface area contributed by atoms with Gasteiger partial charge in [0.2, 0.25) is 0 Å². The molecule has 31 heavy (non-hydrogen) atoms. The van der Waals surface area contributed by atoms with Crippen LogP contribution in [0.15, 0.2) is 109 Å². The molecule has 0 saturated carbocycles. The van der Waals surface area contributed by atoms with Gasteiger partial charge in [-0.05, 0) is 24.3 Å². The van der Waals surface area contributed by atoms with Crippen LogP contribution in [0.5, 0.6) is 11.5 Å². The first kappa shape index (κ1) is 20.4. The van der Waals surface area contributed by atoms with Crippen molar-refractivity contribution in [1.29, 1.82) is 0 Å². The molecule has 0 bridgehead atoms. The van der Waals surface area contributed by atoms with Gasteiger partial charge < -0.3 is 20.9 Å². The third kappa shape index (κ3) is 4.81.